The van der Waals surface area contributed by atoms with Crippen molar-refractivity contribution in [2.24, 2.45) is 0 Å². The van der Waals surface area contributed by atoms with Gasteiger partial charge in [-0.3, -0.25) is 0 Å². The molecule has 100 valence electrons. The van der Waals surface area contributed by atoms with E-state index in [0.29, 0.717) is 12.3 Å². The van der Waals surface area contributed by atoms with E-state index in [-0.39, 0.29) is 11.5 Å². The predicted molar refractivity (Wildman–Crippen MR) is 70.2 cm³/mol. The number of hydrogen-bond donors (Lipinski definition) is 2. The number of anilines is 1. The van der Waals surface area contributed by atoms with Gasteiger partial charge in [0.2, 0.25) is 5.76 Å². The van der Waals surface area contributed by atoms with Crippen molar-refractivity contribution in [3.63, 3.8) is 0 Å². The zero-order chi connectivity index (χ0) is 13.8. The fourth-order valence-electron chi connectivity index (χ4n) is 1.59. The highest BCUT2D eigenvalue weighted by Crippen LogP contribution is 2.21. The van der Waals surface area contributed by atoms with Crippen molar-refractivity contribution in [3.8, 4) is 5.75 Å². The van der Waals surface area contributed by atoms with Crippen LogP contribution >= 0.6 is 0 Å². The van der Waals surface area contributed by atoms with Gasteiger partial charge in [-0.1, -0.05) is 6.07 Å². The van der Waals surface area contributed by atoms with Crippen molar-refractivity contribution in [2.75, 3.05) is 12.4 Å². The van der Waals surface area contributed by atoms with E-state index in [1.54, 1.807) is 18.2 Å². The Hall–Kier alpha value is -2.43. The van der Waals surface area contributed by atoms with E-state index in [1.807, 2.05) is 19.1 Å². The molecule has 2 N–H and O–H groups in total. The lowest BCUT2D eigenvalue weighted by Gasteiger charge is -2.06. The third-order valence-corrected chi connectivity index (χ3v) is 2.72. The Bertz CT molecular complexity index is 589. The van der Waals surface area contributed by atoms with Crippen molar-refractivity contribution in [1.82, 2.24) is 0 Å². The molecule has 0 bridgehead atoms. The van der Waals surface area contributed by atoms with Crippen molar-refractivity contribution in [1.29, 1.82) is 0 Å². The highest BCUT2D eigenvalue weighted by Gasteiger charge is 2.10. The number of carbonyl (C=O) groups is 1. The lowest BCUT2D eigenvalue weighted by Crippen LogP contribution is -2.00. The van der Waals surface area contributed by atoms with Gasteiger partial charge in [0, 0.05) is 11.8 Å². The minimum atomic E-state index is -0.501. The number of ether oxygens (including phenoxy) is 1. The first-order chi connectivity index (χ1) is 9.10. The summed E-state index contributed by atoms with van der Waals surface area (Å²) in [5.74, 6) is 0.519. The first-order valence-electron chi connectivity index (χ1n) is 5.80. The second kappa shape index (κ2) is 5.48. The maximum absolute atomic E-state index is 11.2. The summed E-state index contributed by atoms with van der Waals surface area (Å²) in [5.41, 5.74) is 1.59. The van der Waals surface area contributed by atoms with E-state index in [4.69, 9.17) is 4.42 Å². The third kappa shape index (κ3) is 3.07. The Morgan fingerprint density at radius 2 is 2.16 bits per heavy atom. The van der Waals surface area contributed by atoms with Crippen LogP contribution in [0.3, 0.4) is 0 Å². The largest absolute Gasteiger partial charge is 0.508 e. The molecule has 0 saturated heterocycles. The van der Waals surface area contributed by atoms with Gasteiger partial charge >= 0.3 is 5.97 Å². The van der Waals surface area contributed by atoms with Crippen molar-refractivity contribution in [2.45, 2.75) is 13.5 Å². The molecule has 0 aliphatic rings. The Morgan fingerprint density at radius 3 is 2.84 bits per heavy atom. The van der Waals surface area contributed by atoms with Crippen LogP contribution < -0.4 is 5.32 Å². The van der Waals surface area contributed by atoms with Gasteiger partial charge in [-0.25, -0.2) is 4.79 Å². The molecule has 0 spiro atoms. The molecule has 5 nitrogen and oxygen atoms in total. The summed E-state index contributed by atoms with van der Waals surface area (Å²) < 4.78 is 9.87. The van der Waals surface area contributed by atoms with Crippen LogP contribution in [0.15, 0.2) is 34.7 Å². The van der Waals surface area contributed by atoms with Crippen LogP contribution in [0.2, 0.25) is 0 Å². The van der Waals surface area contributed by atoms with Gasteiger partial charge in [-0.15, -0.1) is 0 Å². The first kappa shape index (κ1) is 13.0. The molecule has 0 aliphatic heterocycles. The summed E-state index contributed by atoms with van der Waals surface area (Å²) in [7, 11) is 1.30. The molecule has 19 heavy (non-hydrogen) atoms. The van der Waals surface area contributed by atoms with Crippen molar-refractivity contribution < 1.29 is 19.1 Å². The second-order valence-electron chi connectivity index (χ2n) is 4.11. The van der Waals surface area contributed by atoms with Gasteiger partial charge in [0.15, 0.2) is 0 Å². The van der Waals surface area contributed by atoms with Gasteiger partial charge in [0.1, 0.15) is 11.5 Å². The SMILES string of the molecule is COC(=O)c1ccc(CNc2ccc(C)c(O)c2)o1. The fraction of sp³-hybridized carbons (Fsp3) is 0.214. The van der Waals surface area contributed by atoms with Gasteiger partial charge in [0.05, 0.1) is 13.7 Å². The van der Waals surface area contributed by atoms with Gasteiger partial charge in [-0.2, -0.15) is 0 Å². The Morgan fingerprint density at radius 1 is 1.37 bits per heavy atom. The number of phenols is 1. The summed E-state index contributed by atoms with van der Waals surface area (Å²) in [6.45, 7) is 2.24. The number of rotatable bonds is 4. The molecule has 1 heterocycles. The second-order valence-corrected chi connectivity index (χ2v) is 4.11. The lowest BCUT2D eigenvalue weighted by molar-refractivity contribution is 0.0563. The quantitative estimate of drug-likeness (QED) is 0.828. The van der Waals surface area contributed by atoms with E-state index < -0.39 is 5.97 Å². The number of hydrogen-bond acceptors (Lipinski definition) is 5. The number of methoxy groups -OCH3 is 1. The zero-order valence-corrected chi connectivity index (χ0v) is 10.8. The topological polar surface area (TPSA) is 71.7 Å². The summed E-state index contributed by atoms with van der Waals surface area (Å²) in [4.78, 5) is 11.2. The molecule has 0 atom stereocenters. The van der Waals surface area contributed by atoms with E-state index in [1.165, 1.54) is 7.11 Å². The highest BCUT2D eigenvalue weighted by atomic mass is 16.5. The molecule has 1 aromatic heterocycles. The minimum Gasteiger partial charge on any atom is -0.508 e. The summed E-state index contributed by atoms with van der Waals surface area (Å²) >= 11 is 0. The average molecular weight is 261 g/mol. The van der Waals surface area contributed by atoms with E-state index >= 15 is 0 Å². The standard InChI is InChI=1S/C14H15NO4/c1-9-3-4-10(7-12(9)16)15-8-11-5-6-13(19-11)14(17)18-2/h3-7,15-16H,8H2,1-2H3. The number of phenolic OH excluding ortho intramolecular Hbond substituents is 1. The number of carbonyl (C=O) groups excluding carboxylic acids is 1. The third-order valence-electron chi connectivity index (χ3n) is 2.72. The maximum Gasteiger partial charge on any atom is 0.373 e. The van der Waals surface area contributed by atoms with Gasteiger partial charge in [-0.05, 0) is 30.7 Å². The summed E-state index contributed by atoms with van der Waals surface area (Å²) in [6, 6.07) is 8.58. The van der Waals surface area contributed by atoms with Crippen molar-refractivity contribution >= 4 is 11.7 Å². The molecule has 0 fully saturated rings. The molecule has 0 saturated carbocycles. The molecule has 2 rings (SSSR count). The van der Waals surface area contributed by atoms with E-state index in [9.17, 15) is 9.90 Å². The molecule has 0 amide bonds. The maximum atomic E-state index is 11.2. The van der Waals surface area contributed by atoms with Crippen LogP contribution in [0.4, 0.5) is 5.69 Å². The fourth-order valence-corrected chi connectivity index (χ4v) is 1.59. The molecule has 2 aromatic rings. The number of aromatic hydroxyl groups is 1. The Labute approximate surface area is 110 Å². The summed E-state index contributed by atoms with van der Waals surface area (Å²) in [6.07, 6.45) is 0. The highest BCUT2D eigenvalue weighted by molar-refractivity contribution is 5.86. The summed E-state index contributed by atoms with van der Waals surface area (Å²) in [5, 5.41) is 12.7. The van der Waals surface area contributed by atoms with Gasteiger partial charge < -0.3 is 19.6 Å². The molecule has 1 aromatic carbocycles. The average Bonchev–Trinajstić information content (AvgIpc) is 2.88. The molecule has 5 heteroatoms. The van der Waals surface area contributed by atoms with Crippen molar-refractivity contribution in [3.05, 3.63) is 47.4 Å². The number of esters is 1. The molecular formula is C14H15NO4. The first-order valence-corrected chi connectivity index (χ1v) is 5.80. The zero-order valence-electron chi connectivity index (χ0n) is 10.8. The molecule has 0 unspecified atom stereocenters. The molecular weight excluding hydrogens is 246 g/mol. The number of aryl methyl sites for hydroxylation is 1. The number of nitrogens with one attached hydrogen (secondary N) is 1. The van der Waals surface area contributed by atoms with Crippen LogP contribution in [-0.4, -0.2) is 18.2 Å². The predicted octanol–water partition coefficient (Wildman–Crippen LogP) is 2.69. The lowest BCUT2D eigenvalue weighted by atomic mass is 10.2. The Kier molecular flexibility index (Phi) is 3.75. The van der Waals surface area contributed by atoms with Gasteiger partial charge in [0.25, 0.3) is 0 Å². The monoisotopic (exact) mass is 261 g/mol. The number of benzene rings is 1. The Balaban J connectivity index is 2.00. The van der Waals surface area contributed by atoms with Crippen LogP contribution in [-0.2, 0) is 11.3 Å². The molecule has 0 radical (unpaired) electrons. The van der Waals surface area contributed by atoms with E-state index in [0.717, 1.165) is 11.3 Å². The van der Waals surface area contributed by atoms with Crippen LogP contribution in [0, 0.1) is 6.92 Å². The van der Waals surface area contributed by atoms with Crippen LogP contribution in [0.1, 0.15) is 21.9 Å². The smallest absolute Gasteiger partial charge is 0.373 e. The molecule has 0 aliphatic carbocycles. The van der Waals surface area contributed by atoms with Crippen LogP contribution in [0.5, 0.6) is 5.75 Å². The normalized spacial score (nSPS) is 10.2. The van der Waals surface area contributed by atoms with Crippen LogP contribution in [0.25, 0.3) is 0 Å². The van der Waals surface area contributed by atoms with E-state index in [2.05, 4.69) is 10.1 Å². The number of furan rings is 1. The minimum absolute atomic E-state index is 0.172.